The molecule has 0 radical (unpaired) electrons. The number of fused-ring (bicyclic) bond motifs is 1. The molecule has 0 spiro atoms. The zero-order chi connectivity index (χ0) is 20.6. The molecule has 5 rings (SSSR count). The van der Waals surface area contributed by atoms with Gasteiger partial charge in [-0.15, -0.1) is 0 Å². The number of aromatic nitrogens is 4. The molecule has 30 heavy (non-hydrogen) atoms. The van der Waals surface area contributed by atoms with Crippen LogP contribution < -0.4 is 5.32 Å². The molecule has 0 saturated heterocycles. The second-order valence-electron chi connectivity index (χ2n) is 7.88. The van der Waals surface area contributed by atoms with E-state index < -0.39 is 5.54 Å². The van der Waals surface area contributed by atoms with Crippen molar-refractivity contribution in [2.45, 2.75) is 37.6 Å². The summed E-state index contributed by atoms with van der Waals surface area (Å²) >= 11 is 0. The summed E-state index contributed by atoms with van der Waals surface area (Å²) in [6.45, 7) is 0. The van der Waals surface area contributed by atoms with E-state index in [1.807, 2.05) is 61.6 Å². The van der Waals surface area contributed by atoms with E-state index in [0.29, 0.717) is 17.4 Å². The van der Waals surface area contributed by atoms with Gasteiger partial charge in [0.2, 0.25) is 5.82 Å². The molecule has 7 nitrogen and oxygen atoms in total. The summed E-state index contributed by atoms with van der Waals surface area (Å²) in [6.07, 6.45) is 4.64. The highest BCUT2D eigenvalue weighted by Crippen LogP contribution is 2.37. The van der Waals surface area contributed by atoms with Crippen LogP contribution in [-0.4, -0.2) is 25.8 Å². The lowest BCUT2D eigenvalue weighted by Gasteiger charge is -2.34. The summed E-state index contributed by atoms with van der Waals surface area (Å²) in [5, 5.41) is 12.7. The topological polar surface area (TPSA) is 85.8 Å². The highest BCUT2D eigenvalue weighted by Gasteiger charge is 2.41. The number of hydrogen-bond acceptors (Lipinski definition) is 5. The zero-order valence-electron chi connectivity index (χ0n) is 16.8. The van der Waals surface area contributed by atoms with Crippen LogP contribution in [0.1, 0.15) is 48.5 Å². The van der Waals surface area contributed by atoms with E-state index in [2.05, 4.69) is 20.6 Å². The molecular weight excluding hydrogens is 378 g/mol. The van der Waals surface area contributed by atoms with Crippen molar-refractivity contribution in [1.29, 1.82) is 0 Å². The van der Waals surface area contributed by atoms with Crippen LogP contribution in [0, 0.1) is 0 Å². The number of carbonyl (C=O) groups excluding carboxylic acids is 1. The van der Waals surface area contributed by atoms with Crippen molar-refractivity contribution in [1.82, 2.24) is 25.2 Å². The van der Waals surface area contributed by atoms with Crippen molar-refractivity contribution in [3.8, 4) is 11.4 Å². The second-order valence-corrected chi connectivity index (χ2v) is 7.88. The first kappa shape index (κ1) is 18.5. The number of rotatable bonds is 4. The highest BCUT2D eigenvalue weighted by molar-refractivity contribution is 6.05. The van der Waals surface area contributed by atoms with Gasteiger partial charge in [0, 0.05) is 18.0 Å². The number of amides is 1. The van der Waals surface area contributed by atoms with Crippen LogP contribution in [0.5, 0.6) is 0 Å². The van der Waals surface area contributed by atoms with Crippen LogP contribution in [0.3, 0.4) is 0 Å². The number of nitrogens with one attached hydrogen (secondary N) is 1. The van der Waals surface area contributed by atoms with Gasteiger partial charge in [-0.3, -0.25) is 9.48 Å². The summed E-state index contributed by atoms with van der Waals surface area (Å²) in [5.74, 6) is 0.788. The first-order valence-corrected chi connectivity index (χ1v) is 10.3. The minimum atomic E-state index is -0.673. The fraction of sp³-hybridized carbons (Fsp3) is 0.304. The summed E-state index contributed by atoms with van der Waals surface area (Å²) in [6, 6.07) is 17.5. The number of para-hydroxylation sites is 1. The lowest BCUT2D eigenvalue weighted by Crippen LogP contribution is -2.47. The van der Waals surface area contributed by atoms with E-state index in [1.165, 1.54) is 0 Å². The van der Waals surface area contributed by atoms with Gasteiger partial charge in [0.15, 0.2) is 5.69 Å². The Morgan fingerprint density at radius 1 is 1.03 bits per heavy atom. The Kier molecular flexibility index (Phi) is 4.58. The highest BCUT2D eigenvalue weighted by atomic mass is 16.5. The summed E-state index contributed by atoms with van der Waals surface area (Å²) < 4.78 is 7.42. The number of hydrogen-bond donors (Lipinski definition) is 1. The molecule has 1 aliphatic carbocycles. The van der Waals surface area contributed by atoms with Crippen molar-refractivity contribution in [3.05, 3.63) is 66.2 Å². The van der Waals surface area contributed by atoms with Gasteiger partial charge in [0.25, 0.3) is 11.8 Å². The Bertz CT molecular complexity index is 1190. The number of aryl methyl sites for hydroxylation is 1. The lowest BCUT2D eigenvalue weighted by atomic mass is 9.81. The van der Waals surface area contributed by atoms with Gasteiger partial charge in [-0.2, -0.15) is 10.1 Å². The van der Waals surface area contributed by atoms with Crippen molar-refractivity contribution in [2.75, 3.05) is 0 Å². The van der Waals surface area contributed by atoms with E-state index >= 15 is 0 Å². The normalized spacial score (nSPS) is 15.9. The largest absolute Gasteiger partial charge is 0.336 e. The maximum absolute atomic E-state index is 13.3. The molecule has 1 aliphatic rings. The zero-order valence-corrected chi connectivity index (χ0v) is 16.8. The molecule has 1 N–H and O–H groups in total. The first-order chi connectivity index (χ1) is 14.7. The maximum Gasteiger partial charge on any atom is 0.273 e. The standard InChI is InChI=1S/C23H23N5O2/c1-28-18-13-7-6-12-17(18)19(26-28)21(29)25-23(14-8-3-9-15-23)22-24-20(27-30-22)16-10-4-2-5-11-16/h2,4-7,10-13H,3,8-9,14-15H2,1H3,(H,25,29). The Balaban J connectivity index is 1.50. The smallest absolute Gasteiger partial charge is 0.273 e. The predicted molar refractivity (Wildman–Crippen MR) is 113 cm³/mol. The Morgan fingerprint density at radius 3 is 2.57 bits per heavy atom. The van der Waals surface area contributed by atoms with Gasteiger partial charge in [-0.05, 0) is 18.9 Å². The van der Waals surface area contributed by atoms with Crippen LogP contribution in [0.4, 0.5) is 0 Å². The van der Waals surface area contributed by atoms with Gasteiger partial charge in [-0.25, -0.2) is 0 Å². The molecule has 152 valence electrons. The van der Waals surface area contributed by atoms with Gasteiger partial charge in [-0.1, -0.05) is 73.0 Å². The molecule has 1 fully saturated rings. The van der Waals surface area contributed by atoms with Crippen molar-refractivity contribution in [3.63, 3.8) is 0 Å². The summed E-state index contributed by atoms with van der Waals surface area (Å²) in [7, 11) is 1.85. The molecule has 7 heteroatoms. The van der Waals surface area contributed by atoms with Gasteiger partial charge in [0.05, 0.1) is 5.52 Å². The van der Waals surface area contributed by atoms with E-state index in [-0.39, 0.29) is 5.91 Å². The minimum absolute atomic E-state index is 0.215. The molecule has 0 unspecified atom stereocenters. The molecule has 0 bridgehead atoms. The molecule has 1 saturated carbocycles. The van der Waals surface area contributed by atoms with E-state index in [0.717, 1.165) is 48.6 Å². The molecule has 2 heterocycles. The average molecular weight is 401 g/mol. The fourth-order valence-electron chi connectivity index (χ4n) is 4.33. The van der Waals surface area contributed by atoms with Gasteiger partial charge in [0.1, 0.15) is 5.54 Å². The third-order valence-electron chi connectivity index (χ3n) is 5.90. The molecule has 1 amide bonds. The van der Waals surface area contributed by atoms with Crippen LogP contribution in [0.2, 0.25) is 0 Å². The van der Waals surface area contributed by atoms with E-state index in [4.69, 9.17) is 4.52 Å². The van der Waals surface area contributed by atoms with Gasteiger partial charge < -0.3 is 9.84 Å². The number of benzene rings is 2. The molecule has 2 aromatic carbocycles. The van der Waals surface area contributed by atoms with Crippen molar-refractivity contribution in [2.24, 2.45) is 7.05 Å². The van der Waals surface area contributed by atoms with Crippen LogP contribution in [0.25, 0.3) is 22.3 Å². The second kappa shape index (κ2) is 7.40. The van der Waals surface area contributed by atoms with E-state index in [1.54, 1.807) is 4.68 Å². The quantitative estimate of drug-likeness (QED) is 0.553. The lowest BCUT2D eigenvalue weighted by molar-refractivity contribution is 0.0820. The van der Waals surface area contributed by atoms with E-state index in [9.17, 15) is 4.79 Å². The summed E-state index contributed by atoms with van der Waals surface area (Å²) in [4.78, 5) is 18.0. The molecular formula is C23H23N5O2. The Morgan fingerprint density at radius 2 is 1.77 bits per heavy atom. The van der Waals surface area contributed by atoms with Crippen LogP contribution >= 0.6 is 0 Å². The molecule has 0 atom stereocenters. The van der Waals surface area contributed by atoms with Crippen LogP contribution in [-0.2, 0) is 12.6 Å². The average Bonchev–Trinajstić information content (AvgIpc) is 3.41. The Labute approximate surface area is 174 Å². The maximum atomic E-state index is 13.3. The Hall–Kier alpha value is -3.48. The molecule has 0 aliphatic heterocycles. The first-order valence-electron chi connectivity index (χ1n) is 10.3. The SMILES string of the molecule is Cn1nc(C(=O)NC2(c3nc(-c4ccccc4)no3)CCCCC2)c2ccccc21. The third kappa shape index (κ3) is 3.16. The third-order valence-corrected chi connectivity index (χ3v) is 5.90. The van der Waals surface area contributed by atoms with Crippen LogP contribution in [0.15, 0.2) is 59.1 Å². The molecule has 4 aromatic rings. The predicted octanol–water partition coefficient (Wildman–Crippen LogP) is 4.21. The number of nitrogens with zero attached hydrogens (tertiary/aromatic N) is 4. The fourth-order valence-corrected chi connectivity index (χ4v) is 4.33. The minimum Gasteiger partial charge on any atom is -0.336 e. The van der Waals surface area contributed by atoms with Gasteiger partial charge >= 0.3 is 0 Å². The summed E-state index contributed by atoms with van der Waals surface area (Å²) in [5.41, 5.74) is 1.56. The van der Waals surface area contributed by atoms with Crippen molar-refractivity contribution >= 4 is 16.8 Å². The monoisotopic (exact) mass is 401 g/mol. The van der Waals surface area contributed by atoms with Crippen molar-refractivity contribution < 1.29 is 9.32 Å². The number of carbonyl (C=O) groups is 1. The molecule has 2 aromatic heterocycles.